The molecular formula is C29H31FN4O2. The van der Waals surface area contributed by atoms with Gasteiger partial charge in [-0.1, -0.05) is 48.5 Å². The summed E-state index contributed by atoms with van der Waals surface area (Å²) in [6, 6.07) is 22.6. The number of fused-ring (bicyclic) bond motifs is 1. The molecule has 0 bridgehead atoms. The van der Waals surface area contributed by atoms with E-state index >= 15 is 0 Å². The van der Waals surface area contributed by atoms with Crippen LogP contribution in [0, 0.1) is 11.7 Å². The van der Waals surface area contributed by atoms with Crippen molar-refractivity contribution in [2.24, 2.45) is 5.92 Å². The molecule has 1 saturated heterocycles. The van der Waals surface area contributed by atoms with Crippen molar-refractivity contribution in [1.29, 1.82) is 0 Å². The maximum Gasteiger partial charge on any atom is 0.223 e. The molecule has 36 heavy (non-hydrogen) atoms. The fourth-order valence-electron chi connectivity index (χ4n) is 4.87. The zero-order valence-electron chi connectivity index (χ0n) is 20.5. The molecule has 1 aliphatic rings. The molecule has 0 spiro atoms. The first-order valence-corrected chi connectivity index (χ1v) is 12.6. The third kappa shape index (κ3) is 5.05. The van der Waals surface area contributed by atoms with Crippen molar-refractivity contribution in [3.05, 3.63) is 89.7 Å². The molecule has 5 rings (SSSR count). The molecule has 7 heteroatoms. The molecule has 1 aromatic heterocycles. The molecule has 1 amide bonds. The number of aromatic nitrogens is 2. The molecule has 0 unspecified atom stereocenters. The number of piperidine rings is 1. The van der Waals surface area contributed by atoms with E-state index in [1.165, 1.54) is 6.07 Å². The Morgan fingerprint density at radius 2 is 1.69 bits per heavy atom. The van der Waals surface area contributed by atoms with Gasteiger partial charge in [0.15, 0.2) is 0 Å². The average Bonchev–Trinajstić information content (AvgIpc) is 3.28. The topological polar surface area (TPSA) is 59.4 Å². The van der Waals surface area contributed by atoms with Crippen molar-refractivity contribution in [1.82, 2.24) is 14.9 Å². The minimum Gasteiger partial charge on any atom is -0.494 e. The van der Waals surface area contributed by atoms with Crippen molar-refractivity contribution in [3.63, 3.8) is 0 Å². The van der Waals surface area contributed by atoms with Crippen LogP contribution in [-0.4, -0.2) is 35.2 Å². The zero-order chi connectivity index (χ0) is 24.9. The van der Waals surface area contributed by atoms with Crippen LogP contribution in [0.15, 0.2) is 72.8 Å². The average molecular weight is 487 g/mol. The molecule has 186 valence electrons. The van der Waals surface area contributed by atoms with Crippen molar-refractivity contribution in [2.75, 3.05) is 24.6 Å². The summed E-state index contributed by atoms with van der Waals surface area (Å²) in [6.45, 7) is 4.83. The molecular weight excluding hydrogens is 455 g/mol. The van der Waals surface area contributed by atoms with Crippen LogP contribution in [0.5, 0.6) is 5.75 Å². The number of benzene rings is 3. The van der Waals surface area contributed by atoms with Gasteiger partial charge in [0.2, 0.25) is 11.9 Å². The van der Waals surface area contributed by atoms with E-state index in [1.807, 2.05) is 67.6 Å². The first-order valence-electron chi connectivity index (χ1n) is 12.6. The van der Waals surface area contributed by atoms with E-state index in [4.69, 9.17) is 9.72 Å². The van der Waals surface area contributed by atoms with E-state index in [2.05, 4.69) is 14.8 Å². The molecule has 0 atom stereocenters. The smallest absolute Gasteiger partial charge is 0.223 e. The highest BCUT2D eigenvalue weighted by atomic mass is 19.1. The predicted molar refractivity (Wildman–Crippen MR) is 140 cm³/mol. The van der Waals surface area contributed by atoms with Gasteiger partial charge in [-0.15, -0.1) is 0 Å². The van der Waals surface area contributed by atoms with Crippen LogP contribution < -0.4 is 15.0 Å². The summed E-state index contributed by atoms with van der Waals surface area (Å²) in [5.74, 6) is 1.43. The second-order valence-corrected chi connectivity index (χ2v) is 9.10. The van der Waals surface area contributed by atoms with Crippen LogP contribution in [0.2, 0.25) is 0 Å². The lowest BCUT2D eigenvalue weighted by Crippen LogP contribution is -2.41. The number of hydrogen-bond donors (Lipinski definition) is 1. The highest BCUT2D eigenvalue weighted by Crippen LogP contribution is 2.28. The maximum atomic E-state index is 14.5. The normalized spacial score (nSPS) is 14.2. The Labute approximate surface area is 210 Å². The van der Waals surface area contributed by atoms with Gasteiger partial charge in [-0.2, -0.15) is 0 Å². The Morgan fingerprint density at radius 1 is 1.00 bits per heavy atom. The van der Waals surface area contributed by atoms with Gasteiger partial charge in [0.1, 0.15) is 11.6 Å². The summed E-state index contributed by atoms with van der Waals surface area (Å²) in [5.41, 5.74) is 3.47. The van der Waals surface area contributed by atoms with Crippen LogP contribution in [0.3, 0.4) is 0 Å². The van der Waals surface area contributed by atoms with Gasteiger partial charge in [-0.05, 0) is 44.0 Å². The molecule has 6 nitrogen and oxygen atoms in total. The van der Waals surface area contributed by atoms with Crippen LogP contribution in [-0.2, 0) is 17.9 Å². The number of ether oxygens (including phenoxy) is 1. The van der Waals surface area contributed by atoms with Gasteiger partial charge < -0.3 is 19.5 Å². The number of halogens is 1. The minimum atomic E-state index is -0.220. The standard InChI is InChI=1S/C29H31FN4O2/c1-2-36-27-14-8-4-9-22(27)19-31-28(35)21-15-17-33(18-16-21)29-32-25-12-6-7-13-26(25)34(29)20-23-10-3-5-11-24(23)30/h3-14,21H,2,15-20H2,1H3,(H,31,35). The van der Waals surface area contributed by atoms with Crippen molar-refractivity contribution in [2.45, 2.75) is 32.9 Å². The number of imidazole rings is 1. The Hall–Kier alpha value is -3.87. The highest BCUT2D eigenvalue weighted by Gasteiger charge is 2.28. The fourth-order valence-corrected chi connectivity index (χ4v) is 4.87. The Balaban J connectivity index is 1.27. The number of hydrogen-bond acceptors (Lipinski definition) is 4. The summed E-state index contributed by atoms with van der Waals surface area (Å²) in [5, 5.41) is 3.09. The van der Waals surface area contributed by atoms with E-state index in [0.29, 0.717) is 38.3 Å². The molecule has 3 aromatic carbocycles. The minimum absolute atomic E-state index is 0.0510. The summed E-state index contributed by atoms with van der Waals surface area (Å²) < 4.78 is 22.2. The van der Waals surface area contributed by atoms with E-state index < -0.39 is 0 Å². The molecule has 0 saturated carbocycles. The quantitative estimate of drug-likeness (QED) is 0.374. The summed E-state index contributed by atoms with van der Waals surface area (Å²) in [4.78, 5) is 20.0. The lowest BCUT2D eigenvalue weighted by Gasteiger charge is -2.32. The van der Waals surface area contributed by atoms with Gasteiger partial charge in [-0.25, -0.2) is 9.37 Å². The van der Waals surface area contributed by atoms with Gasteiger partial charge in [0.05, 0.1) is 24.2 Å². The highest BCUT2D eigenvalue weighted by molar-refractivity contribution is 5.80. The summed E-state index contributed by atoms with van der Waals surface area (Å²) in [7, 11) is 0. The summed E-state index contributed by atoms with van der Waals surface area (Å²) >= 11 is 0. The second-order valence-electron chi connectivity index (χ2n) is 9.10. The first-order chi connectivity index (χ1) is 17.6. The van der Waals surface area contributed by atoms with Crippen LogP contribution in [0.4, 0.5) is 10.3 Å². The van der Waals surface area contributed by atoms with Gasteiger partial charge in [0.25, 0.3) is 0 Å². The Kier molecular flexibility index (Phi) is 7.16. The molecule has 0 aliphatic carbocycles. The SMILES string of the molecule is CCOc1ccccc1CNC(=O)C1CCN(c2nc3ccccc3n2Cc2ccccc2F)CC1. The number of anilines is 1. The molecule has 1 aliphatic heterocycles. The monoisotopic (exact) mass is 486 g/mol. The first kappa shape index (κ1) is 23.9. The van der Waals surface area contributed by atoms with Crippen molar-refractivity contribution in [3.8, 4) is 5.75 Å². The Bertz CT molecular complexity index is 1340. The molecule has 4 aromatic rings. The number of rotatable bonds is 8. The van der Waals surface area contributed by atoms with Crippen LogP contribution in [0.25, 0.3) is 11.0 Å². The number of amides is 1. The number of carbonyl (C=O) groups excluding carboxylic acids is 1. The zero-order valence-corrected chi connectivity index (χ0v) is 20.5. The molecule has 0 radical (unpaired) electrons. The van der Waals surface area contributed by atoms with E-state index in [-0.39, 0.29) is 17.6 Å². The largest absolute Gasteiger partial charge is 0.494 e. The lowest BCUT2D eigenvalue weighted by molar-refractivity contribution is -0.125. The maximum absolute atomic E-state index is 14.5. The van der Waals surface area contributed by atoms with E-state index in [0.717, 1.165) is 41.1 Å². The van der Waals surface area contributed by atoms with E-state index in [1.54, 1.807) is 6.07 Å². The van der Waals surface area contributed by atoms with Gasteiger partial charge in [0, 0.05) is 36.7 Å². The number of carbonyl (C=O) groups is 1. The van der Waals surface area contributed by atoms with Gasteiger partial charge in [-0.3, -0.25) is 4.79 Å². The second kappa shape index (κ2) is 10.8. The molecule has 1 N–H and O–H groups in total. The predicted octanol–water partition coefficient (Wildman–Crippen LogP) is 5.16. The molecule has 1 fully saturated rings. The third-order valence-electron chi connectivity index (χ3n) is 6.79. The summed E-state index contributed by atoms with van der Waals surface area (Å²) in [6.07, 6.45) is 1.48. The van der Waals surface area contributed by atoms with Crippen LogP contribution >= 0.6 is 0 Å². The van der Waals surface area contributed by atoms with Crippen molar-refractivity contribution < 1.29 is 13.9 Å². The van der Waals surface area contributed by atoms with Crippen molar-refractivity contribution >= 4 is 22.9 Å². The number of nitrogens with one attached hydrogen (secondary N) is 1. The molecule has 2 heterocycles. The fraction of sp³-hybridized carbons (Fsp3) is 0.310. The lowest BCUT2D eigenvalue weighted by atomic mass is 9.96. The van der Waals surface area contributed by atoms with Gasteiger partial charge >= 0.3 is 0 Å². The third-order valence-corrected chi connectivity index (χ3v) is 6.79. The van der Waals surface area contributed by atoms with E-state index in [9.17, 15) is 9.18 Å². The number of para-hydroxylation sites is 3. The Morgan fingerprint density at radius 3 is 2.47 bits per heavy atom. The number of nitrogens with zero attached hydrogens (tertiary/aromatic N) is 3. The van der Waals surface area contributed by atoms with Crippen LogP contribution in [0.1, 0.15) is 30.9 Å².